The Labute approximate surface area is 282 Å². The lowest BCUT2D eigenvalue weighted by atomic mass is 9.95. The standard InChI is InChI=1S/C32H33IN2O10S/c1-6-41-24-15-20(10-12-23(24)45-16-26(36)40-5)29-28(31(39)43-8-3)18(4)34-32-35(29)30(38)25(46-32)14-19-9-11-22(21(33)13-19)44-17-27(37)42-7-2/h9-15,29H,6-8,16-17H2,1-5H3/b25-14-/t29-/m1/s1. The van der Waals surface area contributed by atoms with E-state index in [0.717, 1.165) is 9.13 Å². The number of methoxy groups -OCH3 is 1. The molecule has 244 valence electrons. The summed E-state index contributed by atoms with van der Waals surface area (Å²) >= 11 is 3.28. The summed E-state index contributed by atoms with van der Waals surface area (Å²) in [5, 5.41) is 0. The highest BCUT2D eigenvalue weighted by atomic mass is 127. The molecule has 3 aromatic rings. The summed E-state index contributed by atoms with van der Waals surface area (Å²) in [6.07, 6.45) is 1.73. The second-order valence-corrected chi connectivity index (χ2v) is 11.8. The van der Waals surface area contributed by atoms with Gasteiger partial charge in [-0.15, -0.1) is 0 Å². The van der Waals surface area contributed by atoms with Crippen LogP contribution in [-0.2, 0) is 28.6 Å². The van der Waals surface area contributed by atoms with Crippen LogP contribution in [0.25, 0.3) is 6.08 Å². The molecule has 1 aliphatic heterocycles. The maximum Gasteiger partial charge on any atom is 0.344 e. The molecule has 0 saturated heterocycles. The van der Waals surface area contributed by atoms with Crippen molar-refractivity contribution < 1.29 is 42.8 Å². The summed E-state index contributed by atoms with van der Waals surface area (Å²) in [7, 11) is 1.26. The van der Waals surface area contributed by atoms with Gasteiger partial charge in [0.15, 0.2) is 29.5 Å². The molecule has 2 aromatic carbocycles. The van der Waals surface area contributed by atoms with Crippen LogP contribution in [-0.4, -0.2) is 62.6 Å². The van der Waals surface area contributed by atoms with Crippen molar-refractivity contribution in [2.24, 2.45) is 4.99 Å². The summed E-state index contributed by atoms with van der Waals surface area (Å²) < 4.78 is 34.6. The Hall–Kier alpha value is -4.18. The third-order valence-corrected chi connectivity index (χ3v) is 8.40. The number of allylic oxidation sites excluding steroid dienone is 1. The molecule has 0 amide bonds. The predicted octanol–water partition coefficient (Wildman–Crippen LogP) is 3.30. The third-order valence-electron chi connectivity index (χ3n) is 6.58. The van der Waals surface area contributed by atoms with Crippen LogP contribution in [0.15, 0.2) is 57.5 Å². The number of benzene rings is 2. The van der Waals surface area contributed by atoms with Gasteiger partial charge in [0, 0.05) is 0 Å². The quantitative estimate of drug-likeness (QED) is 0.145. The molecular weight excluding hydrogens is 731 g/mol. The number of carbonyl (C=O) groups excluding carboxylic acids is 3. The number of hydrogen-bond donors (Lipinski definition) is 0. The van der Waals surface area contributed by atoms with Gasteiger partial charge in [0.1, 0.15) is 5.75 Å². The van der Waals surface area contributed by atoms with Gasteiger partial charge in [-0.3, -0.25) is 9.36 Å². The fourth-order valence-electron chi connectivity index (χ4n) is 4.60. The maximum atomic E-state index is 14.0. The number of halogens is 1. The highest BCUT2D eigenvalue weighted by Gasteiger charge is 2.34. The summed E-state index contributed by atoms with van der Waals surface area (Å²) in [6.45, 7) is 7.08. The molecule has 12 nitrogen and oxygen atoms in total. The molecule has 0 fully saturated rings. The van der Waals surface area contributed by atoms with E-state index in [1.807, 2.05) is 6.07 Å². The van der Waals surface area contributed by atoms with Crippen molar-refractivity contribution in [1.82, 2.24) is 4.57 Å². The minimum Gasteiger partial charge on any atom is -0.490 e. The lowest BCUT2D eigenvalue weighted by Crippen LogP contribution is -2.40. The Balaban J connectivity index is 1.79. The van der Waals surface area contributed by atoms with E-state index < -0.39 is 23.9 Å². The first-order chi connectivity index (χ1) is 22.1. The molecular formula is C32H33IN2O10S. The van der Waals surface area contributed by atoms with E-state index in [-0.39, 0.29) is 37.6 Å². The van der Waals surface area contributed by atoms with Crippen molar-refractivity contribution >= 4 is 57.9 Å². The van der Waals surface area contributed by atoms with Gasteiger partial charge in [0.05, 0.1) is 52.3 Å². The van der Waals surface area contributed by atoms with Crippen molar-refractivity contribution in [1.29, 1.82) is 0 Å². The van der Waals surface area contributed by atoms with Gasteiger partial charge in [-0.2, -0.15) is 0 Å². The summed E-state index contributed by atoms with van der Waals surface area (Å²) in [4.78, 5) is 55.7. The highest BCUT2D eigenvalue weighted by molar-refractivity contribution is 14.1. The number of hydrogen-bond acceptors (Lipinski definition) is 12. The first kappa shape index (κ1) is 34.7. The second-order valence-electron chi connectivity index (χ2n) is 9.59. The molecule has 1 aromatic heterocycles. The Bertz CT molecular complexity index is 1850. The number of nitrogens with zero attached hydrogens (tertiary/aromatic N) is 2. The van der Waals surface area contributed by atoms with E-state index in [2.05, 4.69) is 32.3 Å². The van der Waals surface area contributed by atoms with E-state index in [1.165, 1.54) is 23.0 Å². The lowest BCUT2D eigenvalue weighted by molar-refractivity contribution is -0.145. The topological polar surface area (TPSA) is 141 Å². The van der Waals surface area contributed by atoms with Crippen molar-refractivity contribution in [2.75, 3.05) is 40.1 Å². The fraction of sp³-hybridized carbons (Fsp3) is 0.344. The molecule has 0 N–H and O–H groups in total. The molecule has 0 aliphatic carbocycles. The Morgan fingerprint density at radius 3 is 2.28 bits per heavy atom. The third kappa shape index (κ3) is 7.96. The monoisotopic (exact) mass is 764 g/mol. The SMILES string of the molecule is CCOC(=O)COc1ccc(/C=c2\sc3n(c2=O)[C@H](c2ccc(OCC(=O)OC)c(OCC)c2)C(C(=O)OCC)=C(C)N=3)cc1I. The zero-order valence-corrected chi connectivity index (χ0v) is 28.9. The molecule has 0 radical (unpaired) electrons. The van der Waals surface area contributed by atoms with E-state index in [1.54, 1.807) is 64.1 Å². The van der Waals surface area contributed by atoms with Crippen LogP contribution < -0.4 is 29.1 Å². The molecule has 0 saturated carbocycles. The van der Waals surface area contributed by atoms with Gasteiger partial charge in [-0.1, -0.05) is 23.5 Å². The Morgan fingerprint density at radius 1 is 0.913 bits per heavy atom. The average molecular weight is 765 g/mol. The van der Waals surface area contributed by atoms with Crippen LogP contribution in [0.5, 0.6) is 17.2 Å². The van der Waals surface area contributed by atoms with E-state index in [0.29, 0.717) is 44.4 Å². The van der Waals surface area contributed by atoms with E-state index in [4.69, 9.17) is 23.7 Å². The lowest BCUT2D eigenvalue weighted by Gasteiger charge is -2.25. The molecule has 2 heterocycles. The van der Waals surface area contributed by atoms with E-state index in [9.17, 15) is 19.2 Å². The zero-order chi connectivity index (χ0) is 33.4. The van der Waals surface area contributed by atoms with Gasteiger partial charge in [-0.05, 0) is 91.8 Å². The van der Waals surface area contributed by atoms with Gasteiger partial charge in [-0.25, -0.2) is 19.4 Å². The predicted molar refractivity (Wildman–Crippen MR) is 177 cm³/mol. The zero-order valence-electron chi connectivity index (χ0n) is 25.9. The molecule has 0 spiro atoms. The van der Waals surface area contributed by atoms with E-state index >= 15 is 0 Å². The molecule has 0 unspecified atom stereocenters. The Kier molecular flexibility index (Phi) is 12.0. The average Bonchev–Trinajstić information content (AvgIpc) is 3.33. The minimum absolute atomic E-state index is 0.134. The normalized spacial score (nSPS) is 14.2. The molecule has 46 heavy (non-hydrogen) atoms. The van der Waals surface area contributed by atoms with Crippen molar-refractivity contribution in [2.45, 2.75) is 33.7 Å². The van der Waals surface area contributed by atoms with Crippen LogP contribution in [0.2, 0.25) is 0 Å². The Morgan fingerprint density at radius 2 is 1.61 bits per heavy atom. The molecule has 1 atom stereocenters. The van der Waals surface area contributed by atoms with Crippen LogP contribution in [0.3, 0.4) is 0 Å². The van der Waals surface area contributed by atoms with Crippen LogP contribution in [0.4, 0.5) is 0 Å². The number of ether oxygens (including phenoxy) is 6. The summed E-state index contributed by atoms with van der Waals surface area (Å²) in [5.74, 6) is -0.497. The van der Waals surface area contributed by atoms with Crippen LogP contribution in [0, 0.1) is 3.57 Å². The summed E-state index contributed by atoms with van der Waals surface area (Å²) in [6, 6.07) is 9.42. The molecule has 1 aliphatic rings. The number of fused-ring (bicyclic) bond motifs is 1. The van der Waals surface area contributed by atoms with Gasteiger partial charge < -0.3 is 28.4 Å². The number of thiazole rings is 1. The van der Waals surface area contributed by atoms with Crippen molar-refractivity contribution in [3.05, 3.63) is 82.1 Å². The smallest absolute Gasteiger partial charge is 0.344 e. The van der Waals surface area contributed by atoms with Crippen LogP contribution in [0.1, 0.15) is 44.9 Å². The molecule has 4 rings (SSSR count). The highest BCUT2D eigenvalue weighted by Crippen LogP contribution is 2.36. The number of rotatable bonds is 13. The van der Waals surface area contributed by atoms with Crippen molar-refractivity contribution in [3.63, 3.8) is 0 Å². The summed E-state index contributed by atoms with van der Waals surface area (Å²) in [5.41, 5.74) is 1.55. The maximum absolute atomic E-state index is 14.0. The largest absolute Gasteiger partial charge is 0.490 e. The number of esters is 3. The second kappa shape index (κ2) is 15.9. The van der Waals surface area contributed by atoms with Gasteiger partial charge in [0.2, 0.25) is 0 Å². The number of carbonyl (C=O) groups is 3. The minimum atomic E-state index is -0.884. The van der Waals surface area contributed by atoms with Crippen molar-refractivity contribution in [3.8, 4) is 17.2 Å². The first-order valence-electron chi connectivity index (χ1n) is 14.4. The number of aromatic nitrogens is 1. The molecule has 0 bridgehead atoms. The fourth-order valence-corrected chi connectivity index (χ4v) is 6.34. The molecule has 14 heteroatoms. The first-order valence-corrected chi connectivity index (χ1v) is 16.2. The van der Waals surface area contributed by atoms with Gasteiger partial charge in [0.25, 0.3) is 5.56 Å². The van der Waals surface area contributed by atoms with Gasteiger partial charge >= 0.3 is 17.9 Å². The van der Waals surface area contributed by atoms with Crippen LogP contribution >= 0.6 is 33.9 Å².